The minimum absolute atomic E-state index is 0.0981. The Morgan fingerprint density at radius 3 is 2.80 bits per heavy atom. The molecular weight excluding hydrogens is 330 g/mol. The van der Waals surface area contributed by atoms with Crippen molar-refractivity contribution in [3.8, 4) is 10.6 Å². The van der Waals surface area contributed by atoms with E-state index in [2.05, 4.69) is 9.97 Å². The molecule has 3 aromatic rings. The van der Waals surface area contributed by atoms with Crippen molar-refractivity contribution in [1.29, 1.82) is 0 Å². The van der Waals surface area contributed by atoms with Crippen molar-refractivity contribution in [2.24, 2.45) is 0 Å². The summed E-state index contributed by atoms with van der Waals surface area (Å²) in [7, 11) is 0. The molecule has 3 heterocycles. The van der Waals surface area contributed by atoms with E-state index in [4.69, 9.17) is 0 Å². The normalized spacial score (nSPS) is 17.0. The van der Waals surface area contributed by atoms with Crippen LogP contribution in [0.3, 0.4) is 0 Å². The number of hydrogen-bond acceptors (Lipinski definition) is 4. The molecule has 1 amide bonds. The summed E-state index contributed by atoms with van der Waals surface area (Å²) in [5, 5.41) is 2.96. The van der Waals surface area contributed by atoms with E-state index in [1.54, 1.807) is 17.5 Å². The molecule has 0 bridgehead atoms. The molecule has 4 nitrogen and oxygen atoms in total. The summed E-state index contributed by atoms with van der Waals surface area (Å²) >= 11 is 1.59. The summed E-state index contributed by atoms with van der Waals surface area (Å²) in [6, 6.07) is 16.1. The molecule has 4 rings (SSSR count). The highest BCUT2D eigenvalue weighted by molar-refractivity contribution is 7.13. The molecule has 1 aromatic carbocycles. The summed E-state index contributed by atoms with van der Waals surface area (Å²) in [6.07, 6.45) is 4.16. The number of carbonyl (C=O) groups is 1. The standard InChI is InChI=1S/C20H19N3OS/c24-19(23-12-6-10-18(23)17-9-4-5-11-21-17)13-16-14-25-20(22-16)15-7-2-1-3-8-15/h1-5,7-9,11,14,18H,6,10,12-13H2. The van der Waals surface area contributed by atoms with Gasteiger partial charge in [0.25, 0.3) is 0 Å². The maximum absolute atomic E-state index is 12.8. The minimum atomic E-state index is 0.0981. The Hall–Kier alpha value is -2.53. The van der Waals surface area contributed by atoms with E-state index in [1.165, 1.54) is 0 Å². The highest BCUT2D eigenvalue weighted by atomic mass is 32.1. The molecule has 0 saturated carbocycles. The van der Waals surface area contributed by atoms with Gasteiger partial charge in [0, 0.05) is 23.7 Å². The number of benzene rings is 1. The van der Waals surface area contributed by atoms with Crippen molar-refractivity contribution in [3.63, 3.8) is 0 Å². The molecule has 1 fully saturated rings. The number of amides is 1. The number of aromatic nitrogens is 2. The van der Waals surface area contributed by atoms with Gasteiger partial charge in [-0.05, 0) is 25.0 Å². The van der Waals surface area contributed by atoms with Crippen molar-refractivity contribution < 1.29 is 4.79 Å². The van der Waals surface area contributed by atoms with Crippen LogP contribution in [0.15, 0.2) is 60.1 Å². The van der Waals surface area contributed by atoms with Crippen LogP contribution in [0.25, 0.3) is 10.6 Å². The van der Waals surface area contributed by atoms with Crippen LogP contribution in [0, 0.1) is 0 Å². The number of rotatable bonds is 4. The number of carbonyl (C=O) groups excluding carboxylic acids is 1. The number of likely N-dealkylation sites (tertiary alicyclic amines) is 1. The highest BCUT2D eigenvalue weighted by Crippen LogP contribution is 2.31. The van der Waals surface area contributed by atoms with Crippen molar-refractivity contribution in [2.75, 3.05) is 6.54 Å². The highest BCUT2D eigenvalue weighted by Gasteiger charge is 2.30. The van der Waals surface area contributed by atoms with Crippen molar-refractivity contribution in [2.45, 2.75) is 25.3 Å². The maximum Gasteiger partial charge on any atom is 0.229 e. The van der Waals surface area contributed by atoms with Crippen LogP contribution in [-0.4, -0.2) is 27.3 Å². The zero-order valence-corrected chi connectivity index (χ0v) is 14.7. The predicted octanol–water partition coefficient (Wildman–Crippen LogP) is 4.11. The summed E-state index contributed by atoms with van der Waals surface area (Å²) in [6.45, 7) is 0.801. The molecule has 2 aromatic heterocycles. The number of pyridine rings is 1. The summed E-state index contributed by atoms with van der Waals surface area (Å²) in [5.74, 6) is 0.137. The quantitative estimate of drug-likeness (QED) is 0.712. The van der Waals surface area contributed by atoms with Gasteiger partial charge in [-0.3, -0.25) is 9.78 Å². The molecule has 25 heavy (non-hydrogen) atoms. The molecule has 126 valence electrons. The van der Waals surface area contributed by atoms with E-state index in [0.29, 0.717) is 6.42 Å². The van der Waals surface area contributed by atoms with Crippen LogP contribution >= 0.6 is 11.3 Å². The summed E-state index contributed by atoms with van der Waals surface area (Å²) < 4.78 is 0. The van der Waals surface area contributed by atoms with Gasteiger partial charge >= 0.3 is 0 Å². The van der Waals surface area contributed by atoms with Crippen LogP contribution in [0.1, 0.15) is 30.3 Å². The van der Waals surface area contributed by atoms with Gasteiger partial charge in [0.15, 0.2) is 0 Å². The van der Waals surface area contributed by atoms with Crippen molar-refractivity contribution >= 4 is 17.2 Å². The molecular formula is C20H19N3OS. The Labute approximate surface area is 151 Å². The molecule has 5 heteroatoms. The Kier molecular flexibility index (Phi) is 4.57. The molecule has 0 spiro atoms. The molecule has 1 aliphatic heterocycles. The van der Waals surface area contributed by atoms with Gasteiger partial charge in [0.05, 0.1) is 23.9 Å². The zero-order valence-electron chi connectivity index (χ0n) is 13.8. The number of thiazole rings is 1. The van der Waals surface area contributed by atoms with Crippen LogP contribution in [0.2, 0.25) is 0 Å². The van der Waals surface area contributed by atoms with E-state index in [-0.39, 0.29) is 11.9 Å². The fraction of sp³-hybridized carbons (Fsp3) is 0.250. The van der Waals surface area contributed by atoms with Crippen molar-refractivity contribution in [3.05, 3.63) is 71.5 Å². The van der Waals surface area contributed by atoms with Crippen LogP contribution in [-0.2, 0) is 11.2 Å². The van der Waals surface area contributed by atoms with E-state index >= 15 is 0 Å². The monoisotopic (exact) mass is 349 g/mol. The van der Waals surface area contributed by atoms with E-state index < -0.39 is 0 Å². The van der Waals surface area contributed by atoms with Crippen LogP contribution in [0.4, 0.5) is 0 Å². The summed E-state index contributed by atoms with van der Waals surface area (Å²) in [5.41, 5.74) is 2.93. The first-order chi connectivity index (χ1) is 12.3. The zero-order chi connectivity index (χ0) is 17.1. The fourth-order valence-electron chi connectivity index (χ4n) is 3.30. The lowest BCUT2D eigenvalue weighted by atomic mass is 10.1. The molecule has 1 saturated heterocycles. The number of nitrogens with zero attached hydrogens (tertiary/aromatic N) is 3. The van der Waals surface area contributed by atoms with E-state index in [9.17, 15) is 4.79 Å². The lowest BCUT2D eigenvalue weighted by Gasteiger charge is -2.24. The first kappa shape index (κ1) is 16.0. The van der Waals surface area contributed by atoms with Gasteiger partial charge < -0.3 is 4.90 Å². The largest absolute Gasteiger partial charge is 0.334 e. The second kappa shape index (κ2) is 7.15. The third kappa shape index (κ3) is 3.46. The Balaban J connectivity index is 1.48. The predicted molar refractivity (Wildman–Crippen MR) is 99.2 cm³/mol. The minimum Gasteiger partial charge on any atom is -0.334 e. The van der Waals surface area contributed by atoms with Gasteiger partial charge in [-0.25, -0.2) is 4.98 Å². The Bertz CT molecular complexity index is 848. The molecule has 0 aliphatic carbocycles. The van der Waals surface area contributed by atoms with E-state index in [1.807, 2.05) is 58.8 Å². The summed E-state index contributed by atoms with van der Waals surface area (Å²) in [4.78, 5) is 23.9. The lowest BCUT2D eigenvalue weighted by molar-refractivity contribution is -0.131. The molecule has 0 radical (unpaired) electrons. The van der Waals surface area contributed by atoms with Gasteiger partial charge in [-0.2, -0.15) is 0 Å². The molecule has 1 aliphatic rings. The topological polar surface area (TPSA) is 46.1 Å². The molecule has 1 unspecified atom stereocenters. The van der Waals surface area contributed by atoms with Crippen LogP contribution < -0.4 is 0 Å². The van der Waals surface area contributed by atoms with Gasteiger partial charge in [0.1, 0.15) is 5.01 Å². The van der Waals surface area contributed by atoms with Gasteiger partial charge in [-0.15, -0.1) is 11.3 Å². The van der Waals surface area contributed by atoms with Gasteiger partial charge in [-0.1, -0.05) is 36.4 Å². The van der Waals surface area contributed by atoms with Crippen LogP contribution in [0.5, 0.6) is 0 Å². The average molecular weight is 349 g/mol. The number of hydrogen-bond donors (Lipinski definition) is 0. The maximum atomic E-state index is 12.8. The Morgan fingerprint density at radius 2 is 2.00 bits per heavy atom. The fourth-order valence-corrected chi connectivity index (χ4v) is 4.13. The SMILES string of the molecule is O=C(Cc1csc(-c2ccccc2)n1)N1CCCC1c1ccccn1. The Morgan fingerprint density at radius 1 is 1.16 bits per heavy atom. The molecule has 1 atom stereocenters. The smallest absolute Gasteiger partial charge is 0.229 e. The second-order valence-electron chi connectivity index (χ2n) is 6.19. The first-order valence-electron chi connectivity index (χ1n) is 8.51. The third-order valence-corrected chi connectivity index (χ3v) is 5.45. The lowest BCUT2D eigenvalue weighted by Crippen LogP contribution is -2.32. The molecule has 0 N–H and O–H groups in total. The third-order valence-electron chi connectivity index (χ3n) is 4.51. The first-order valence-corrected chi connectivity index (χ1v) is 9.39. The van der Waals surface area contributed by atoms with Gasteiger partial charge in [0.2, 0.25) is 5.91 Å². The average Bonchev–Trinajstić information content (AvgIpc) is 3.33. The second-order valence-corrected chi connectivity index (χ2v) is 7.04. The van der Waals surface area contributed by atoms with E-state index in [0.717, 1.165) is 41.3 Å². The van der Waals surface area contributed by atoms with Crippen molar-refractivity contribution in [1.82, 2.24) is 14.9 Å².